The highest BCUT2D eigenvalue weighted by molar-refractivity contribution is 5.79. The first kappa shape index (κ1) is 14.3. The molecule has 1 heterocycles. The molecular weight excluding hydrogens is 216 g/mol. The van der Waals surface area contributed by atoms with Crippen molar-refractivity contribution >= 4 is 5.84 Å². The Kier molecular flexibility index (Phi) is 6.96. The lowest BCUT2D eigenvalue weighted by Crippen LogP contribution is -2.38. The number of hydrogen-bond acceptors (Lipinski definition) is 4. The molecule has 4 N–H and O–H groups in total. The number of oxime groups is 1. The monoisotopic (exact) mass is 242 g/mol. The van der Waals surface area contributed by atoms with Gasteiger partial charge in [-0.3, -0.25) is 4.90 Å². The normalized spacial score (nSPS) is 22.2. The fourth-order valence-electron chi connectivity index (χ4n) is 2.42. The molecule has 0 aromatic rings. The summed E-state index contributed by atoms with van der Waals surface area (Å²) in [4.78, 5) is 2.55. The molecule has 1 aliphatic rings. The van der Waals surface area contributed by atoms with Crippen LogP contribution >= 0.6 is 0 Å². The van der Waals surface area contributed by atoms with Crippen molar-refractivity contribution in [1.29, 1.82) is 0 Å². The van der Waals surface area contributed by atoms with Crippen LogP contribution in [-0.2, 0) is 0 Å². The summed E-state index contributed by atoms with van der Waals surface area (Å²) in [5.41, 5.74) is 5.40. The van der Waals surface area contributed by atoms with Gasteiger partial charge < -0.3 is 16.3 Å². The number of likely N-dealkylation sites (tertiary alicyclic amines) is 1. The summed E-state index contributed by atoms with van der Waals surface area (Å²) in [7, 11) is 0. The molecule has 0 aromatic heterocycles. The fraction of sp³-hybridized carbons (Fsp3) is 0.917. The number of unbranched alkanes of at least 4 members (excludes halogenated alkanes) is 1. The number of nitrogens with zero attached hydrogens (tertiary/aromatic N) is 2. The molecule has 0 amide bonds. The smallest absolute Gasteiger partial charge is 0.139 e. The topological polar surface area (TPSA) is 73.9 Å². The van der Waals surface area contributed by atoms with Gasteiger partial charge in [-0.15, -0.1) is 0 Å². The molecule has 100 valence electrons. The minimum Gasteiger partial charge on any atom is -0.409 e. The molecule has 17 heavy (non-hydrogen) atoms. The van der Waals surface area contributed by atoms with Crippen LogP contribution in [-0.4, -0.2) is 48.2 Å². The number of nitrogens with two attached hydrogens (primary N) is 1. The second kappa shape index (κ2) is 8.31. The summed E-state index contributed by atoms with van der Waals surface area (Å²) >= 11 is 0. The maximum Gasteiger partial charge on any atom is 0.139 e. The minimum absolute atomic E-state index is 0.331. The Bertz CT molecular complexity index is 233. The van der Waals surface area contributed by atoms with Crippen molar-refractivity contribution in [3.8, 4) is 0 Å². The lowest BCUT2D eigenvalue weighted by atomic mass is 10.2. The van der Waals surface area contributed by atoms with Crippen LogP contribution in [0.5, 0.6) is 0 Å². The Labute approximate surface area is 104 Å². The molecule has 1 rings (SSSR count). The van der Waals surface area contributed by atoms with Crippen LogP contribution < -0.4 is 11.1 Å². The lowest BCUT2D eigenvalue weighted by Gasteiger charge is -2.22. The standard InChI is InChI=1S/C12H26N4O/c1-2-16-9-5-6-11(16)10-14-8-4-3-7-12(13)15-17/h11,14,17H,2-10H2,1H3,(H2,13,15). The molecule has 0 aliphatic carbocycles. The molecule has 0 saturated carbocycles. The molecule has 0 aromatic carbocycles. The molecule has 1 saturated heterocycles. The molecule has 1 aliphatic heterocycles. The van der Waals surface area contributed by atoms with Crippen LogP contribution in [0, 0.1) is 0 Å². The largest absolute Gasteiger partial charge is 0.409 e. The van der Waals surface area contributed by atoms with Gasteiger partial charge in [0, 0.05) is 19.0 Å². The summed E-state index contributed by atoms with van der Waals surface area (Å²) in [6.07, 6.45) is 5.40. The number of nitrogens with one attached hydrogen (secondary N) is 1. The molecule has 5 nitrogen and oxygen atoms in total. The van der Waals surface area contributed by atoms with E-state index < -0.39 is 0 Å². The van der Waals surface area contributed by atoms with Gasteiger partial charge in [-0.2, -0.15) is 0 Å². The maximum atomic E-state index is 8.38. The second-order valence-electron chi connectivity index (χ2n) is 4.68. The summed E-state index contributed by atoms with van der Waals surface area (Å²) < 4.78 is 0. The van der Waals surface area contributed by atoms with E-state index in [9.17, 15) is 0 Å². The van der Waals surface area contributed by atoms with Crippen molar-refractivity contribution in [2.24, 2.45) is 10.9 Å². The van der Waals surface area contributed by atoms with Gasteiger partial charge in [0.2, 0.25) is 0 Å². The first-order chi connectivity index (χ1) is 8.27. The number of likely N-dealkylation sites (N-methyl/N-ethyl adjacent to an activating group) is 1. The van der Waals surface area contributed by atoms with Crippen molar-refractivity contribution in [2.75, 3.05) is 26.2 Å². The third-order valence-corrected chi connectivity index (χ3v) is 3.45. The fourth-order valence-corrected chi connectivity index (χ4v) is 2.42. The van der Waals surface area contributed by atoms with E-state index in [1.807, 2.05) is 0 Å². The number of hydrogen-bond donors (Lipinski definition) is 3. The third-order valence-electron chi connectivity index (χ3n) is 3.45. The van der Waals surface area contributed by atoms with Crippen molar-refractivity contribution in [1.82, 2.24) is 10.2 Å². The van der Waals surface area contributed by atoms with Gasteiger partial charge in [-0.05, 0) is 45.3 Å². The quantitative estimate of drug-likeness (QED) is 0.195. The number of rotatable bonds is 8. The predicted molar refractivity (Wildman–Crippen MR) is 70.4 cm³/mol. The lowest BCUT2D eigenvalue weighted by molar-refractivity contribution is 0.260. The molecule has 1 atom stereocenters. The average molecular weight is 242 g/mol. The molecule has 1 unspecified atom stereocenters. The van der Waals surface area contributed by atoms with E-state index >= 15 is 0 Å². The van der Waals surface area contributed by atoms with Crippen molar-refractivity contribution in [2.45, 2.75) is 45.1 Å². The Balaban J connectivity index is 1.97. The van der Waals surface area contributed by atoms with Crippen LogP contribution in [0.2, 0.25) is 0 Å². The van der Waals surface area contributed by atoms with Crippen LogP contribution in [0.4, 0.5) is 0 Å². The van der Waals surface area contributed by atoms with Crippen molar-refractivity contribution in [3.05, 3.63) is 0 Å². The van der Waals surface area contributed by atoms with Crippen LogP contribution in [0.1, 0.15) is 39.0 Å². The molecule has 0 spiro atoms. The predicted octanol–water partition coefficient (Wildman–Crippen LogP) is 0.977. The number of amidine groups is 1. The van der Waals surface area contributed by atoms with Gasteiger partial charge in [0.1, 0.15) is 5.84 Å². The zero-order valence-electron chi connectivity index (χ0n) is 10.9. The first-order valence-electron chi connectivity index (χ1n) is 6.69. The van der Waals surface area contributed by atoms with E-state index in [2.05, 4.69) is 22.3 Å². The second-order valence-corrected chi connectivity index (χ2v) is 4.68. The highest BCUT2D eigenvalue weighted by Gasteiger charge is 2.21. The average Bonchev–Trinajstić information content (AvgIpc) is 2.80. The summed E-state index contributed by atoms with van der Waals surface area (Å²) in [6, 6.07) is 0.726. The zero-order chi connectivity index (χ0) is 12.5. The minimum atomic E-state index is 0.331. The van der Waals surface area contributed by atoms with Crippen molar-refractivity contribution in [3.63, 3.8) is 0 Å². The van der Waals surface area contributed by atoms with E-state index in [-0.39, 0.29) is 0 Å². The molecule has 0 radical (unpaired) electrons. The van der Waals surface area contributed by atoms with Gasteiger partial charge in [0.05, 0.1) is 0 Å². The molecule has 5 heteroatoms. The zero-order valence-corrected chi connectivity index (χ0v) is 10.9. The Morgan fingerprint density at radius 2 is 2.35 bits per heavy atom. The summed E-state index contributed by atoms with van der Waals surface area (Å²) in [5.74, 6) is 0.331. The maximum absolute atomic E-state index is 8.38. The van der Waals surface area contributed by atoms with Crippen molar-refractivity contribution < 1.29 is 5.21 Å². The van der Waals surface area contributed by atoms with Crippen LogP contribution in [0.25, 0.3) is 0 Å². The highest BCUT2D eigenvalue weighted by Crippen LogP contribution is 2.15. The summed E-state index contributed by atoms with van der Waals surface area (Å²) in [5, 5.41) is 14.8. The van der Waals surface area contributed by atoms with Gasteiger partial charge in [-0.1, -0.05) is 12.1 Å². The highest BCUT2D eigenvalue weighted by atomic mass is 16.4. The summed E-state index contributed by atoms with van der Waals surface area (Å²) in [6.45, 7) is 6.77. The van der Waals surface area contributed by atoms with Gasteiger partial charge in [0.15, 0.2) is 0 Å². The van der Waals surface area contributed by atoms with Gasteiger partial charge >= 0.3 is 0 Å². The molecule has 1 fully saturated rings. The van der Waals surface area contributed by atoms with E-state index in [0.717, 1.165) is 38.5 Å². The van der Waals surface area contributed by atoms with E-state index in [0.29, 0.717) is 12.3 Å². The van der Waals surface area contributed by atoms with E-state index in [1.54, 1.807) is 0 Å². The third kappa shape index (κ3) is 5.37. The van der Waals surface area contributed by atoms with Crippen LogP contribution in [0.15, 0.2) is 5.16 Å². The Hall–Kier alpha value is -0.810. The van der Waals surface area contributed by atoms with E-state index in [4.69, 9.17) is 10.9 Å². The SMILES string of the molecule is CCN1CCCC1CNCCCCC(N)=NO. The Morgan fingerprint density at radius 1 is 1.53 bits per heavy atom. The Morgan fingerprint density at radius 3 is 3.06 bits per heavy atom. The van der Waals surface area contributed by atoms with Crippen LogP contribution in [0.3, 0.4) is 0 Å². The first-order valence-corrected chi connectivity index (χ1v) is 6.69. The molecular formula is C12H26N4O. The van der Waals surface area contributed by atoms with E-state index in [1.165, 1.54) is 19.4 Å². The van der Waals surface area contributed by atoms with Gasteiger partial charge in [0.25, 0.3) is 0 Å². The van der Waals surface area contributed by atoms with Gasteiger partial charge in [-0.25, -0.2) is 0 Å². The molecule has 0 bridgehead atoms.